The van der Waals surface area contributed by atoms with Gasteiger partial charge in [-0.3, -0.25) is 4.99 Å². The zero-order valence-electron chi connectivity index (χ0n) is 17.6. The average Bonchev–Trinajstić information content (AvgIpc) is 2.74. The highest BCUT2D eigenvalue weighted by Gasteiger charge is 2.19. The van der Waals surface area contributed by atoms with Crippen molar-refractivity contribution in [1.29, 1.82) is 0 Å². The number of rotatable bonds is 6. The molecule has 0 amide bonds. The normalized spacial score (nSPS) is 19.1. The van der Waals surface area contributed by atoms with Crippen LogP contribution < -0.4 is 5.32 Å². The molecule has 0 atom stereocenters. The summed E-state index contributed by atoms with van der Waals surface area (Å²) in [5, 5.41) is 3.50. The monoisotopic (exact) mass is 496 g/mol. The molecule has 2 aliphatic heterocycles. The van der Waals surface area contributed by atoms with Gasteiger partial charge in [0.15, 0.2) is 5.96 Å². The SMILES string of the molecule is CCNC(=NCCC1CCN(CC)CC1)N1CC=C(c2ccccc2)CC1.I. The number of likely N-dealkylation sites (tertiary alicyclic amines) is 1. The van der Waals surface area contributed by atoms with Crippen molar-refractivity contribution < 1.29 is 0 Å². The molecule has 2 aliphatic rings. The highest BCUT2D eigenvalue weighted by atomic mass is 127. The molecule has 2 heterocycles. The summed E-state index contributed by atoms with van der Waals surface area (Å²) >= 11 is 0. The summed E-state index contributed by atoms with van der Waals surface area (Å²) in [5.74, 6) is 1.94. The van der Waals surface area contributed by atoms with Crippen LogP contribution in [0.2, 0.25) is 0 Å². The predicted octanol–water partition coefficient (Wildman–Crippen LogP) is 4.48. The van der Waals surface area contributed by atoms with Crippen molar-refractivity contribution in [3.8, 4) is 0 Å². The number of nitrogens with one attached hydrogen (secondary N) is 1. The Morgan fingerprint density at radius 3 is 2.46 bits per heavy atom. The van der Waals surface area contributed by atoms with E-state index in [4.69, 9.17) is 4.99 Å². The van der Waals surface area contributed by atoms with E-state index in [2.05, 4.69) is 65.4 Å². The van der Waals surface area contributed by atoms with Crippen molar-refractivity contribution in [1.82, 2.24) is 15.1 Å². The third-order valence-electron chi connectivity index (χ3n) is 5.94. The summed E-state index contributed by atoms with van der Waals surface area (Å²) in [5.41, 5.74) is 2.82. The molecule has 28 heavy (non-hydrogen) atoms. The summed E-state index contributed by atoms with van der Waals surface area (Å²) in [6.45, 7) is 12.0. The average molecular weight is 496 g/mol. The molecule has 1 saturated heterocycles. The van der Waals surface area contributed by atoms with Crippen molar-refractivity contribution in [2.75, 3.05) is 45.8 Å². The van der Waals surface area contributed by atoms with E-state index in [9.17, 15) is 0 Å². The van der Waals surface area contributed by atoms with Gasteiger partial charge in [0.05, 0.1) is 0 Å². The van der Waals surface area contributed by atoms with Crippen molar-refractivity contribution in [2.45, 2.75) is 39.5 Å². The van der Waals surface area contributed by atoms with Crippen molar-refractivity contribution >= 4 is 35.5 Å². The molecule has 0 bridgehead atoms. The fourth-order valence-corrected chi connectivity index (χ4v) is 4.15. The van der Waals surface area contributed by atoms with Crippen LogP contribution in [0.1, 0.15) is 45.1 Å². The Hall–Kier alpha value is -1.08. The van der Waals surface area contributed by atoms with Crippen LogP contribution in [-0.2, 0) is 0 Å². The first-order valence-corrected chi connectivity index (χ1v) is 10.8. The Morgan fingerprint density at radius 1 is 1.11 bits per heavy atom. The van der Waals surface area contributed by atoms with E-state index in [-0.39, 0.29) is 24.0 Å². The molecule has 1 aromatic carbocycles. The van der Waals surface area contributed by atoms with Crippen molar-refractivity contribution in [3.63, 3.8) is 0 Å². The first-order valence-electron chi connectivity index (χ1n) is 10.8. The summed E-state index contributed by atoms with van der Waals surface area (Å²) in [6, 6.07) is 10.8. The summed E-state index contributed by atoms with van der Waals surface area (Å²) < 4.78 is 0. The van der Waals surface area contributed by atoms with E-state index < -0.39 is 0 Å². The number of nitrogens with zero attached hydrogens (tertiary/aromatic N) is 3. The number of benzene rings is 1. The van der Waals surface area contributed by atoms with Gasteiger partial charge < -0.3 is 15.1 Å². The molecule has 1 N–H and O–H groups in total. The predicted molar refractivity (Wildman–Crippen MR) is 131 cm³/mol. The molecule has 1 aromatic rings. The van der Waals surface area contributed by atoms with Crippen LogP contribution in [-0.4, -0.2) is 61.6 Å². The number of halogens is 1. The minimum absolute atomic E-state index is 0. The molecular formula is C23H37IN4. The molecule has 3 rings (SSSR count). The summed E-state index contributed by atoms with van der Waals surface area (Å²) in [7, 11) is 0. The maximum Gasteiger partial charge on any atom is 0.194 e. The third-order valence-corrected chi connectivity index (χ3v) is 5.94. The van der Waals surface area contributed by atoms with E-state index in [0.29, 0.717) is 0 Å². The molecule has 0 saturated carbocycles. The first-order chi connectivity index (χ1) is 13.3. The Balaban J connectivity index is 0.00000280. The summed E-state index contributed by atoms with van der Waals surface area (Å²) in [6.07, 6.45) is 7.36. The Bertz CT molecular complexity index is 621. The molecule has 1 fully saturated rings. The molecule has 0 spiro atoms. The Kier molecular flexibility index (Phi) is 10.3. The van der Waals surface area contributed by atoms with Gasteiger partial charge in [0, 0.05) is 26.2 Å². The number of guanidine groups is 1. The van der Waals surface area contributed by atoms with Gasteiger partial charge in [0.25, 0.3) is 0 Å². The number of aliphatic imine (C=N–C) groups is 1. The molecule has 156 valence electrons. The smallest absolute Gasteiger partial charge is 0.194 e. The van der Waals surface area contributed by atoms with Crippen LogP contribution in [0, 0.1) is 5.92 Å². The lowest BCUT2D eigenvalue weighted by Crippen LogP contribution is -2.43. The van der Waals surface area contributed by atoms with Crippen LogP contribution in [0.5, 0.6) is 0 Å². The van der Waals surface area contributed by atoms with Crippen molar-refractivity contribution in [2.24, 2.45) is 10.9 Å². The highest BCUT2D eigenvalue weighted by Crippen LogP contribution is 2.22. The molecular weight excluding hydrogens is 459 g/mol. The third kappa shape index (κ3) is 6.76. The van der Waals surface area contributed by atoms with Gasteiger partial charge >= 0.3 is 0 Å². The van der Waals surface area contributed by atoms with Crippen LogP contribution >= 0.6 is 24.0 Å². The lowest BCUT2D eigenvalue weighted by atomic mass is 9.94. The van der Waals surface area contributed by atoms with Crippen LogP contribution in [0.15, 0.2) is 41.4 Å². The lowest BCUT2D eigenvalue weighted by Gasteiger charge is -2.31. The van der Waals surface area contributed by atoms with Crippen LogP contribution in [0.25, 0.3) is 5.57 Å². The zero-order chi connectivity index (χ0) is 18.9. The van der Waals surface area contributed by atoms with E-state index in [1.807, 2.05) is 0 Å². The van der Waals surface area contributed by atoms with Crippen LogP contribution in [0.4, 0.5) is 0 Å². The number of piperidine rings is 1. The summed E-state index contributed by atoms with van der Waals surface area (Å²) in [4.78, 5) is 9.92. The minimum atomic E-state index is 0. The standard InChI is InChI=1S/C23H36N4.HI/c1-3-24-23(25-15-10-20-11-16-26(4-2)17-12-20)27-18-13-22(14-19-27)21-8-6-5-7-9-21;/h5-9,13,20H,3-4,10-12,14-19H2,1-2H3,(H,24,25);1H. The fraction of sp³-hybridized carbons (Fsp3) is 0.609. The molecule has 0 aromatic heterocycles. The Morgan fingerprint density at radius 2 is 1.86 bits per heavy atom. The van der Waals surface area contributed by atoms with Gasteiger partial charge in [-0.15, -0.1) is 24.0 Å². The molecule has 5 heteroatoms. The highest BCUT2D eigenvalue weighted by molar-refractivity contribution is 14.0. The maximum atomic E-state index is 4.96. The van der Waals surface area contributed by atoms with Crippen LogP contribution in [0.3, 0.4) is 0 Å². The van der Waals surface area contributed by atoms with E-state index >= 15 is 0 Å². The van der Waals surface area contributed by atoms with E-state index in [1.165, 1.54) is 50.0 Å². The van der Waals surface area contributed by atoms with Gasteiger partial charge in [-0.25, -0.2) is 0 Å². The van der Waals surface area contributed by atoms with Crippen molar-refractivity contribution in [3.05, 3.63) is 42.0 Å². The Labute approximate surface area is 188 Å². The maximum absolute atomic E-state index is 4.96. The van der Waals surface area contributed by atoms with Gasteiger partial charge in [0.1, 0.15) is 0 Å². The van der Waals surface area contributed by atoms with Gasteiger partial charge in [-0.05, 0) is 69.3 Å². The van der Waals surface area contributed by atoms with E-state index in [0.717, 1.165) is 44.5 Å². The second-order valence-corrected chi connectivity index (χ2v) is 7.69. The second-order valence-electron chi connectivity index (χ2n) is 7.69. The quantitative estimate of drug-likeness (QED) is 0.358. The van der Waals surface area contributed by atoms with Gasteiger partial charge in [-0.1, -0.05) is 43.3 Å². The van der Waals surface area contributed by atoms with Gasteiger partial charge in [-0.2, -0.15) is 0 Å². The zero-order valence-corrected chi connectivity index (χ0v) is 19.9. The largest absolute Gasteiger partial charge is 0.357 e. The molecule has 0 aliphatic carbocycles. The minimum Gasteiger partial charge on any atom is -0.357 e. The van der Waals surface area contributed by atoms with E-state index in [1.54, 1.807) is 0 Å². The topological polar surface area (TPSA) is 30.9 Å². The first kappa shape index (κ1) is 23.2. The number of hydrogen-bond acceptors (Lipinski definition) is 2. The fourth-order valence-electron chi connectivity index (χ4n) is 4.15. The molecule has 4 nitrogen and oxygen atoms in total. The second kappa shape index (κ2) is 12.5. The molecule has 0 unspecified atom stereocenters. The van der Waals surface area contributed by atoms with Gasteiger partial charge in [0.2, 0.25) is 0 Å². The number of hydrogen-bond donors (Lipinski definition) is 1. The lowest BCUT2D eigenvalue weighted by molar-refractivity contribution is 0.188. The molecule has 0 radical (unpaired) electrons.